The van der Waals surface area contributed by atoms with Gasteiger partial charge in [-0.05, 0) is 78.5 Å². The molecular weight excluding hydrogens is 284 g/mol. The van der Waals surface area contributed by atoms with Crippen LogP contribution in [0.5, 0.6) is 5.75 Å². The van der Waals surface area contributed by atoms with Crippen molar-refractivity contribution in [2.24, 2.45) is 17.3 Å². The van der Waals surface area contributed by atoms with E-state index in [2.05, 4.69) is 32.0 Å². The van der Waals surface area contributed by atoms with Gasteiger partial charge in [-0.1, -0.05) is 32.8 Å². The molecule has 2 unspecified atom stereocenters. The minimum atomic E-state index is 0.175. The predicted molar refractivity (Wildman–Crippen MR) is 95.0 cm³/mol. The number of rotatable bonds is 5. The van der Waals surface area contributed by atoms with Gasteiger partial charge in [0.05, 0.1) is 7.11 Å². The second kappa shape index (κ2) is 6.84. The third kappa shape index (κ3) is 2.80. The van der Waals surface area contributed by atoms with Crippen LogP contribution in [-0.4, -0.2) is 18.8 Å². The standard InChI is InChI=1S/C21H32O2/c1-4-11-21(14-22)12-10-18-17-9-7-16(23-3)13-15(17)6-8-19(18)20(21)5-2/h7,9,13,18-20,22H,4-6,8,10-12,14H2,1-3H3/t18-,19-,20?,21?/m1/s1. The molecule has 1 saturated carbocycles. The zero-order chi connectivity index (χ0) is 16.4. The molecule has 2 nitrogen and oxygen atoms in total. The Morgan fingerprint density at radius 1 is 1.26 bits per heavy atom. The number of aliphatic hydroxyl groups excluding tert-OH is 1. The minimum absolute atomic E-state index is 0.175. The van der Waals surface area contributed by atoms with Gasteiger partial charge in [-0.25, -0.2) is 0 Å². The molecule has 0 saturated heterocycles. The second-order valence-corrected chi connectivity index (χ2v) is 7.70. The molecule has 23 heavy (non-hydrogen) atoms. The quantitative estimate of drug-likeness (QED) is 0.833. The molecule has 128 valence electrons. The van der Waals surface area contributed by atoms with Gasteiger partial charge in [0.1, 0.15) is 5.75 Å². The highest BCUT2D eigenvalue weighted by molar-refractivity contribution is 5.40. The number of benzene rings is 1. The van der Waals surface area contributed by atoms with Crippen molar-refractivity contribution >= 4 is 0 Å². The maximum Gasteiger partial charge on any atom is 0.119 e. The zero-order valence-electron chi connectivity index (χ0n) is 15.0. The largest absolute Gasteiger partial charge is 0.497 e. The van der Waals surface area contributed by atoms with Crippen LogP contribution in [0.2, 0.25) is 0 Å². The molecule has 2 aliphatic carbocycles. The highest BCUT2D eigenvalue weighted by Crippen LogP contribution is 2.57. The van der Waals surface area contributed by atoms with E-state index >= 15 is 0 Å². The first-order valence-electron chi connectivity index (χ1n) is 9.46. The van der Waals surface area contributed by atoms with Gasteiger partial charge in [-0.15, -0.1) is 0 Å². The molecule has 0 spiro atoms. The van der Waals surface area contributed by atoms with Crippen molar-refractivity contribution in [1.29, 1.82) is 0 Å². The lowest BCUT2D eigenvalue weighted by Gasteiger charge is -2.53. The van der Waals surface area contributed by atoms with E-state index in [9.17, 15) is 5.11 Å². The lowest BCUT2D eigenvalue weighted by atomic mass is 9.52. The van der Waals surface area contributed by atoms with Gasteiger partial charge >= 0.3 is 0 Å². The van der Waals surface area contributed by atoms with Crippen LogP contribution < -0.4 is 4.74 Å². The van der Waals surface area contributed by atoms with Crippen molar-refractivity contribution in [3.8, 4) is 5.75 Å². The molecule has 1 aromatic carbocycles. The molecule has 0 amide bonds. The summed E-state index contributed by atoms with van der Waals surface area (Å²) in [5.74, 6) is 3.08. The topological polar surface area (TPSA) is 29.5 Å². The number of hydrogen-bond donors (Lipinski definition) is 1. The van der Waals surface area contributed by atoms with Gasteiger partial charge in [0, 0.05) is 6.61 Å². The summed E-state index contributed by atoms with van der Waals surface area (Å²) >= 11 is 0. The van der Waals surface area contributed by atoms with Crippen LogP contribution in [0.3, 0.4) is 0 Å². The maximum atomic E-state index is 10.2. The zero-order valence-corrected chi connectivity index (χ0v) is 15.0. The number of aliphatic hydroxyl groups is 1. The first kappa shape index (κ1) is 16.8. The minimum Gasteiger partial charge on any atom is -0.497 e. The Hall–Kier alpha value is -1.02. The Balaban J connectivity index is 1.92. The van der Waals surface area contributed by atoms with Crippen LogP contribution in [0.25, 0.3) is 0 Å². The Bertz CT molecular complexity index is 539. The number of methoxy groups -OCH3 is 1. The molecule has 0 aromatic heterocycles. The van der Waals surface area contributed by atoms with Crippen LogP contribution in [0.1, 0.15) is 69.4 Å². The van der Waals surface area contributed by atoms with Gasteiger partial charge < -0.3 is 9.84 Å². The molecule has 1 aromatic rings. The van der Waals surface area contributed by atoms with Crippen molar-refractivity contribution < 1.29 is 9.84 Å². The SMILES string of the molecule is CCCC1(CO)CC[C@@H]2c3ccc(OC)cc3CC[C@H]2C1CC. The average molecular weight is 316 g/mol. The molecular formula is C21H32O2. The third-order valence-electron chi connectivity index (χ3n) is 6.77. The van der Waals surface area contributed by atoms with Crippen LogP contribution in [0, 0.1) is 17.3 Å². The van der Waals surface area contributed by atoms with Crippen LogP contribution in [0.15, 0.2) is 18.2 Å². The normalized spacial score (nSPS) is 33.0. The van der Waals surface area contributed by atoms with Gasteiger partial charge in [0.2, 0.25) is 0 Å². The van der Waals surface area contributed by atoms with Crippen molar-refractivity contribution in [2.45, 2.75) is 64.7 Å². The smallest absolute Gasteiger partial charge is 0.119 e. The van der Waals surface area contributed by atoms with Gasteiger partial charge in [-0.2, -0.15) is 0 Å². The summed E-state index contributed by atoms with van der Waals surface area (Å²) in [6.07, 6.45) is 8.42. The Labute approximate surface area is 141 Å². The summed E-state index contributed by atoms with van der Waals surface area (Å²) in [7, 11) is 1.75. The molecule has 3 rings (SSSR count). The van der Waals surface area contributed by atoms with Gasteiger partial charge in [0.25, 0.3) is 0 Å². The first-order valence-corrected chi connectivity index (χ1v) is 9.46. The fourth-order valence-corrected chi connectivity index (χ4v) is 5.79. The van der Waals surface area contributed by atoms with Crippen molar-refractivity contribution in [3.63, 3.8) is 0 Å². The number of fused-ring (bicyclic) bond motifs is 3. The molecule has 0 aliphatic heterocycles. The van der Waals surface area contributed by atoms with Crippen LogP contribution in [-0.2, 0) is 6.42 Å². The van der Waals surface area contributed by atoms with Crippen molar-refractivity contribution in [2.75, 3.05) is 13.7 Å². The van der Waals surface area contributed by atoms with E-state index in [1.807, 2.05) is 0 Å². The summed E-state index contributed by atoms with van der Waals surface area (Å²) in [6.45, 7) is 4.97. The Morgan fingerprint density at radius 2 is 2.09 bits per heavy atom. The van der Waals surface area contributed by atoms with E-state index in [0.717, 1.165) is 18.1 Å². The van der Waals surface area contributed by atoms with E-state index in [4.69, 9.17) is 4.74 Å². The third-order valence-corrected chi connectivity index (χ3v) is 6.77. The number of ether oxygens (including phenoxy) is 1. The van der Waals surface area contributed by atoms with E-state index in [1.165, 1.54) is 44.1 Å². The second-order valence-electron chi connectivity index (χ2n) is 7.70. The predicted octanol–water partition coefficient (Wildman–Crippen LogP) is 4.94. The average Bonchev–Trinajstić information content (AvgIpc) is 2.60. The summed E-state index contributed by atoms with van der Waals surface area (Å²) in [5, 5.41) is 10.2. The van der Waals surface area contributed by atoms with Crippen molar-refractivity contribution in [1.82, 2.24) is 0 Å². The highest BCUT2D eigenvalue weighted by atomic mass is 16.5. The van der Waals surface area contributed by atoms with E-state index in [0.29, 0.717) is 18.4 Å². The molecule has 2 heteroatoms. The molecule has 0 radical (unpaired) electrons. The fourth-order valence-electron chi connectivity index (χ4n) is 5.79. The monoisotopic (exact) mass is 316 g/mol. The summed E-state index contributed by atoms with van der Waals surface area (Å²) in [4.78, 5) is 0. The number of hydrogen-bond acceptors (Lipinski definition) is 2. The van der Waals surface area contributed by atoms with Gasteiger partial charge in [0.15, 0.2) is 0 Å². The van der Waals surface area contributed by atoms with Crippen LogP contribution >= 0.6 is 0 Å². The Morgan fingerprint density at radius 3 is 2.74 bits per heavy atom. The number of aryl methyl sites for hydroxylation is 1. The molecule has 0 bridgehead atoms. The first-order chi connectivity index (χ1) is 11.2. The van der Waals surface area contributed by atoms with Gasteiger partial charge in [-0.3, -0.25) is 0 Å². The fraction of sp³-hybridized carbons (Fsp3) is 0.714. The van der Waals surface area contributed by atoms with Crippen LogP contribution in [0.4, 0.5) is 0 Å². The van der Waals surface area contributed by atoms with E-state index in [1.54, 1.807) is 12.7 Å². The lowest BCUT2D eigenvalue weighted by Crippen LogP contribution is -2.46. The van der Waals surface area contributed by atoms with Crippen molar-refractivity contribution in [3.05, 3.63) is 29.3 Å². The Kier molecular flexibility index (Phi) is 5.01. The maximum absolute atomic E-state index is 10.2. The molecule has 1 fully saturated rings. The molecule has 1 N–H and O–H groups in total. The summed E-state index contributed by atoms with van der Waals surface area (Å²) in [6, 6.07) is 6.68. The summed E-state index contributed by atoms with van der Waals surface area (Å²) in [5.41, 5.74) is 3.23. The lowest BCUT2D eigenvalue weighted by molar-refractivity contribution is -0.0355. The molecule has 2 aliphatic rings. The molecule has 4 atom stereocenters. The molecule has 0 heterocycles. The summed E-state index contributed by atoms with van der Waals surface area (Å²) < 4.78 is 5.41. The van der Waals surface area contributed by atoms with E-state index < -0.39 is 0 Å². The van der Waals surface area contributed by atoms with E-state index in [-0.39, 0.29) is 5.41 Å². The highest BCUT2D eigenvalue weighted by Gasteiger charge is 2.48.